The van der Waals surface area contributed by atoms with E-state index in [0.717, 1.165) is 0 Å². The summed E-state index contributed by atoms with van der Waals surface area (Å²) in [6.45, 7) is 3.60. The van der Waals surface area contributed by atoms with E-state index in [1.807, 2.05) is 13.0 Å². The molecule has 19 heavy (non-hydrogen) atoms. The maximum Gasteiger partial charge on any atom is 0.263 e. The summed E-state index contributed by atoms with van der Waals surface area (Å²) in [4.78, 5) is 15.4. The maximum absolute atomic E-state index is 11.6. The number of nitriles is 1. The predicted octanol–water partition coefficient (Wildman–Crippen LogP) is 0.167. The summed E-state index contributed by atoms with van der Waals surface area (Å²) in [6.07, 6.45) is 3.29. The Bertz CT molecular complexity index is 448. The van der Waals surface area contributed by atoms with Crippen LogP contribution in [-0.2, 0) is 9.53 Å². The molecular weight excluding hydrogens is 248 g/mol. The summed E-state index contributed by atoms with van der Waals surface area (Å²) >= 11 is 0. The van der Waals surface area contributed by atoms with Crippen LogP contribution in [0.3, 0.4) is 0 Å². The molecule has 8 heteroatoms. The van der Waals surface area contributed by atoms with Crippen LogP contribution >= 0.6 is 0 Å². The lowest BCUT2D eigenvalue weighted by atomic mass is 10.3. The zero-order valence-corrected chi connectivity index (χ0v) is 10.6. The van der Waals surface area contributed by atoms with Gasteiger partial charge < -0.3 is 15.4 Å². The Morgan fingerprint density at radius 2 is 2.53 bits per heavy atom. The first-order valence-corrected chi connectivity index (χ1v) is 5.86. The molecule has 1 aromatic heterocycles. The van der Waals surface area contributed by atoms with Crippen molar-refractivity contribution in [2.45, 2.75) is 13.3 Å². The number of ether oxygens (including phenoxy) is 1. The number of anilines is 1. The quantitative estimate of drug-likeness (QED) is 0.350. The second kappa shape index (κ2) is 8.66. The molecule has 0 unspecified atom stereocenters. The van der Waals surface area contributed by atoms with E-state index in [2.05, 4.69) is 25.8 Å². The Morgan fingerprint density at radius 3 is 3.16 bits per heavy atom. The van der Waals surface area contributed by atoms with Crippen molar-refractivity contribution < 1.29 is 9.53 Å². The van der Waals surface area contributed by atoms with E-state index < -0.39 is 5.91 Å². The van der Waals surface area contributed by atoms with E-state index in [4.69, 9.17) is 10.00 Å². The average Bonchev–Trinajstić information content (AvgIpc) is 2.92. The first-order valence-electron chi connectivity index (χ1n) is 5.86. The van der Waals surface area contributed by atoms with E-state index in [1.165, 1.54) is 12.5 Å². The molecule has 1 aromatic rings. The lowest BCUT2D eigenvalue weighted by molar-refractivity contribution is -0.117. The normalized spacial score (nSPS) is 10.8. The van der Waals surface area contributed by atoms with Crippen molar-refractivity contribution in [3.05, 3.63) is 18.1 Å². The van der Waals surface area contributed by atoms with Crippen LogP contribution in [0.2, 0.25) is 0 Å². The summed E-state index contributed by atoms with van der Waals surface area (Å²) in [7, 11) is 0. The summed E-state index contributed by atoms with van der Waals surface area (Å²) in [5.74, 6) is -0.0806. The molecule has 0 aliphatic rings. The fraction of sp³-hybridized carbons (Fsp3) is 0.455. The fourth-order valence-electron chi connectivity index (χ4n) is 1.18. The minimum absolute atomic E-state index is 0.0344. The second-order valence-electron chi connectivity index (χ2n) is 3.45. The van der Waals surface area contributed by atoms with Crippen molar-refractivity contribution in [1.82, 2.24) is 20.5 Å². The van der Waals surface area contributed by atoms with Crippen molar-refractivity contribution in [3.63, 3.8) is 0 Å². The minimum atomic E-state index is -0.439. The maximum atomic E-state index is 11.6. The van der Waals surface area contributed by atoms with E-state index in [1.54, 1.807) is 0 Å². The van der Waals surface area contributed by atoms with Gasteiger partial charge in [0.05, 0.1) is 0 Å². The van der Waals surface area contributed by atoms with Gasteiger partial charge >= 0.3 is 0 Å². The Kier molecular flexibility index (Phi) is 6.68. The van der Waals surface area contributed by atoms with Crippen LogP contribution < -0.4 is 10.6 Å². The van der Waals surface area contributed by atoms with Gasteiger partial charge in [-0.3, -0.25) is 4.79 Å². The molecule has 102 valence electrons. The fourth-order valence-corrected chi connectivity index (χ4v) is 1.18. The monoisotopic (exact) mass is 264 g/mol. The topological polar surface area (TPSA) is 116 Å². The first-order chi connectivity index (χ1) is 9.27. The molecule has 0 saturated carbocycles. The minimum Gasteiger partial charge on any atom is -0.382 e. The Labute approximate surface area is 110 Å². The average molecular weight is 264 g/mol. The number of H-pyrrole nitrogens is 1. The lowest BCUT2D eigenvalue weighted by Crippen LogP contribution is -2.26. The number of amides is 1. The highest BCUT2D eigenvalue weighted by Crippen LogP contribution is 1.97. The number of aromatic nitrogens is 3. The molecule has 0 aliphatic heterocycles. The van der Waals surface area contributed by atoms with Gasteiger partial charge in [0.15, 0.2) is 0 Å². The van der Waals surface area contributed by atoms with Crippen LogP contribution in [0.25, 0.3) is 0 Å². The van der Waals surface area contributed by atoms with E-state index >= 15 is 0 Å². The molecule has 0 aromatic carbocycles. The molecule has 1 heterocycles. The molecule has 0 radical (unpaired) electrons. The highest BCUT2D eigenvalue weighted by Gasteiger charge is 2.07. The van der Waals surface area contributed by atoms with Crippen LogP contribution in [0.1, 0.15) is 13.3 Å². The van der Waals surface area contributed by atoms with Gasteiger partial charge in [-0.15, -0.1) is 0 Å². The molecule has 1 amide bonds. The number of nitrogens with one attached hydrogen (secondary N) is 3. The number of aromatic amines is 1. The molecule has 0 saturated heterocycles. The van der Waals surface area contributed by atoms with E-state index in [0.29, 0.717) is 32.1 Å². The van der Waals surface area contributed by atoms with Crippen molar-refractivity contribution >= 4 is 11.9 Å². The molecule has 3 N–H and O–H groups in total. The third-order valence-corrected chi connectivity index (χ3v) is 2.09. The van der Waals surface area contributed by atoms with E-state index in [-0.39, 0.29) is 5.57 Å². The smallest absolute Gasteiger partial charge is 0.263 e. The Hall–Kier alpha value is -2.40. The highest BCUT2D eigenvalue weighted by molar-refractivity contribution is 5.97. The predicted molar refractivity (Wildman–Crippen MR) is 67.8 cm³/mol. The zero-order valence-electron chi connectivity index (χ0n) is 10.6. The number of carbonyl (C=O) groups excluding carboxylic acids is 1. The number of hydrogen-bond donors (Lipinski definition) is 3. The van der Waals surface area contributed by atoms with Gasteiger partial charge in [-0.05, 0) is 13.3 Å². The number of nitrogens with zero attached hydrogens (tertiary/aromatic N) is 3. The molecule has 1 rings (SSSR count). The number of hydrogen-bond acceptors (Lipinski definition) is 6. The number of rotatable bonds is 8. The van der Waals surface area contributed by atoms with Crippen molar-refractivity contribution in [2.24, 2.45) is 0 Å². The first kappa shape index (κ1) is 14.7. The van der Waals surface area contributed by atoms with Gasteiger partial charge in [-0.25, -0.2) is 5.10 Å². The molecule has 0 spiro atoms. The Morgan fingerprint density at radius 1 is 1.68 bits per heavy atom. The molecule has 0 atom stereocenters. The van der Waals surface area contributed by atoms with Crippen molar-refractivity contribution in [2.75, 3.05) is 25.1 Å². The van der Waals surface area contributed by atoms with Crippen LogP contribution in [0, 0.1) is 11.3 Å². The van der Waals surface area contributed by atoms with Gasteiger partial charge in [-0.2, -0.15) is 15.3 Å². The molecule has 8 nitrogen and oxygen atoms in total. The molecular formula is C11H16N6O2. The van der Waals surface area contributed by atoms with Crippen LogP contribution in [0.4, 0.5) is 5.95 Å². The largest absolute Gasteiger partial charge is 0.382 e. The SMILES string of the molecule is CCOCCCNC(=O)/C(C#N)=C\Nc1ncn[nH]1. The Balaban J connectivity index is 2.35. The molecule has 0 fully saturated rings. The van der Waals surface area contributed by atoms with Gasteiger partial charge in [0.1, 0.15) is 18.0 Å². The van der Waals surface area contributed by atoms with Gasteiger partial charge in [0, 0.05) is 26.0 Å². The zero-order chi connectivity index (χ0) is 13.9. The third-order valence-electron chi connectivity index (χ3n) is 2.09. The van der Waals surface area contributed by atoms with Gasteiger partial charge in [0.2, 0.25) is 5.95 Å². The molecule has 0 bridgehead atoms. The van der Waals surface area contributed by atoms with Crippen molar-refractivity contribution in [3.8, 4) is 6.07 Å². The summed E-state index contributed by atoms with van der Waals surface area (Å²) < 4.78 is 5.14. The summed E-state index contributed by atoms with van der Waals surface area (Å²) in [6, 6.07) is 1.81. The lowest BCUT2D eigenvalue weighted by Gasteiger charge is -2.04. The molecule has 0 aliphatic carbocycles. The van der Waals surface area contributed by atoms with E-state index in [9.17, 15) is 4.79 Å². The van der Waals surface area contributed by atoms with Crippen LogP contribution in [-0.4, -0.2) is 40.8 Å². The van der Waals surface area contributed by atoms with Crippen molar-refractivity contribution in [1.29, 1.82) is 5.26 Å². The second-order valence-corrected chi connectivity index (χ2v) is 3.45. The van der Waals surface area contributed by atoms with Crippen LogP contribution in [0.15, 0.2) is 18.1 Å². The van der Waals surface area contributed by atoms with Gasteiger partial charge in [-0.1, -0.05) is 0 Å². The highest BCUT2D eigenvalue weighted by atomic mass is 16.5. The standard InChI is InChI=1S/C11H16N6O2/c1-2-19-5-3-4-13-10(18)9(6-12)7-14-11-15-8-16-17-11/h7-8H,2-5H2,1H3,(H,13,18)(H2,14,15,16,17)/b9-7-. The van der Waals surface area contributed by atoms with Gasteiger partial charge in [0.25, 0.3) is 5.91 Å². The summed E-state index contributed by atoms with van der Waals surface area (Å²) in [5.41, 5.74) is -0.0344. The third kappa shape index (κ3) is 5.65. The number of carbonyl (C=O) groups is 1. The summed E-state index contributed by atoms with van der Waals surface area (Å²) in [5, 5.41) is 20.3. The van der Waals surface area contributed by atoms with Crippen LogP contribution in [0.5, 0.6) is 0 Å².